The molecule has 2 rings (SSSR count). The number of benzene rings is 1. The van der Waals surface area contributed by atoms with Crippen LogP contribution in [0, 0.1) is 13.8 Å². The first-order valence-electron chi connectivity index (χ1n) is 9.77. The normalized spacial score (nSPS) is 17.7. The molecule has 1 heterocycles. The van der Waals surface area contributed by atoms with Gasteiger partial charge in [0.05, 0.1) is 17.8 Å². The lowest BCUT2D eigenvalue weighted by molar-refractivity contribution is -0.144. The number of allylic oxidation sites excluding steroid dienone is 1. The maximum atomic E-state index is 13.5. The predicted octanol–water partition coefficient (Wildman–Crippen LogP) is 3.34. The summed E-state index contributed by atoms with van der Waals surface area (Å²) in [4.78, 5) is 11.9. The number of carbonyl (C=O) groups is 1. The lowest BCUT2D eigenvalue weighted by Gasteiger charge is -2.35. The molecule has 7 nitrogen and oxygen atoms in total. The molecule has 29 heavy (non-hydrogen) atoms. The second-order valence-corrected chi connectivity index (χ2v) is 9.20. The molecule has 0 radical (unpaired) electrons. The summed E-state index contributed by atoms with van der Waals surface area (Å²) in [5.41, 5.74) is 1.34. The Labute approximate surface area is 173 Å². The van der Waals surface area contributed by atoms with Gasteiger partial charge >= 0.3 is 5.97 Å². The summed E-state index contributed by atoms with van der Waals surface area (Å²) in [5.74, 6) is 0.452. The number of sulfonamides is 1. The third-order valence-electron chi connectivity index (χ3n) is 4.91. The largest absolute Gasteiger partial charge is 0.497 e. The number of carbonyl (C=O) groups excluding carboxylic acids is 1. The van der Waals surface area contributed by atoms with Crippen molar-refractivity contribution in [3.8, 4) is 5.75 Å². The van der Waals surface area contributed by atoms with E-state index in [1.54, 1.807) is 44.3 Å². The zero-order chi connectivity index (χ0) is 21.6. The first-order chi connectivity index (χ1) is 13.7. The third kappa shape index (κ3) is 6.04. The molecular formula is C21H31NO6S. The number of piperidine rings is 1. The smallest absolute Gasteiger partial charge is 0.337 e. The minimum absolute atomic E-state index is 0.160. The van der Waals surface area contributed by atoms with E-state index in [2.05, 4.69) is 6.58 Å². The molecule has 0 saturated carbocycles. The Balaban J connectivity index is 2.10. The van der Waals surface area contributed by atoms with Crippen molar-refractivity contribution in [3.63, 3.8) is 0 Å². The second kappa shape index (κ2) is 10.2. The lowest BCUT2D eigenvalue weighted by atomic mass is 10.0. The molecule has 1 unspecified atom stereocenters. The lowest BCUT2D eigenvalue weighted by Crippen LogP contribution is -2.44. The van der Waals surface area contributed by atoms with Gasteiger partial charge in [0.25, 0.3) is 0 Å². The third-order valence-corrected chi connectivity index (χ3v) is 7.17. The van der Waals surface area contributed by atoms with Crippen molar-refractivity contribution in [1.29, 1.82) is 0 Å². The molecule has 0 spiro atoms. The minimum atomic E-state index is -3.65. The zero-order valence-corrected chi connectivity index (χ0v) is 18.5. The molecular weight excluding hydrogens is 394 g/mol. The van der Waals surface area contributed by atoms with Crippen LogP contribution in [0.15, 0.2) is 29.4 Å². The quantitative estimate of drug-likeness (QED) is 0.343. The van der Waals surface area contributed by atoms with Gasteiger partial charge in [0.2, 0.25) is 10.0 Å². The first-order valence-corrected chi connectivity index (χ1v) is 11.2. The zero-order valence-electron chi connectivity index (χ0n) is 17.7. The van der Waals surface area contributed by atoms with Crippen molar-refractivity contribution < 1.29 is 27.4 Å². The second-order valence-electron chi connectivity index (χ2n) is 7.37. The summed E-state index contributed by atoms with van der Waals surface area (Å²) < 4.78 is 44.0. The minimum Gasteiger partial charge on any atom is -0.497 e. The molecule has 0 aliphatic carbocycles. The number of ether oxygens (including phenoxy) is 3. The number of nitrogens with zero attached hydrogens (tertiary/aromatic N) is 1. The average molecular weight is 426 g/mol. The Kier molecular flexibility index (Phi) is 8.24. The fourth-order valence-electron chi connectivity index (χ4n) is 3.73. The van der Waals surface area contributed by atoms with Crippen molar-refractivity contribution in [2.24, 2.45) is 0 Å². The van der Waals surface area contributed by atoms with E-state index in [9.17, 15) is 13.2 Å². The van der Waals surface area contributed by atoms with Gasteiger partial charge in [0, 0.05) is 19.2 Å². The molecule has 1 saturated heterocycles. The van der Waals surface area contributed by atoms with Gasteiger partial charge in [-0.25, -0.2) is 13.2 Å². The van der Waals surface area contributed by atoms with Gasteiger partial charge in [0.15, 0.2) is 0 Å². The Hall–Kier alpha value is -1.90. The fourth-order valence-corrected chi connectivity index (χ4v) is 5.87. The van der Waals surface area contributed by atoms with Crippen LogP contribution in [0.25, 0.3) is 0 Å². The highest BCUT2D eigenvalue weighted by atomic mass is 32.2. The number of methoxy groups -OCH3 is 1. The Morgan fingerprint density at radius 1 is 1.24 bits per heavy atom. The molecule has 0 aromatic heterocycles. The first kappa shape index (κ1) is 23.4. The van der Waals surface area contributed by atoms with Crippen molar-refractivity contribution in [1.82, 2.24) is 4.31 Å². The maximum Gasteiger partial charge on any atom is 0.337 e. The fraction of sp³-hybridized carbons (Fsp3) is 0.571. The highest BCUT2D eigenvalue weighted by Gasteiger charge is 2.35. The van der Waals surface area contributed by atoms with Crippen LogP contribution >= 0.6 is 0 Å². The van der Waals surface area contributed by atoms with E-state index >= 15 is 0 Å². The van der Waals surface area contributed by atoms with Gasteiger partial charge in [0.1, 0.15) is 12.4 Å². The van der Waals surface area contributed by atoms with Crippen LogP contribution in [0.5, 0.6) is 5.75 Å². The van der Waals surface area contributed by atoms with Gasteiger partial charge in [-0.05, 0) is 63.3 Å². The van der Waals surface area contributed by atoms with E-state index in [0.29, 0.717) is 40.5 Å². The van der Waals surface area contributed by atoms with Crippen molar-refractivity contribution in [2.75, 3.05) is 26.9 Å². The van der Waals surface area contributed by atoms with Crippen LogP contribution in [-0.2, 0) is 24.3 Å². The van der Waals surface area contributed by atoms with Gasteiger partial charge in [-0.2, -0.15) is 4.31 Å². The summed E-state index contributed by atoms with van der Waals surface area (Å²) in [6, 6.07) is 3.33. The van der Waals surface area contributed by atoms with E-state index in [0.717, 1.165) is 19.3 Å². The van der Waals surface area contributed by atoms with Crippen molar-refractivity contribution >= 4 is 16.0 Å². The standard InChI is InChI=1S/C21H31NO6S/c1-15(2)28-20(23)14-27-11-9-18-8-6-7-10-22(18)29(24,25)21-16(3)12-19(26-5)13-17(21)4/h12-13,18H,1,6-11,14H2,2-5H3. The molecule has 1 fully saturated rings. The summed E-state index contributed by atoms with van der Waals surface area (Å²) >= 11 is 0. The van der Waals surface area contributed by atoms with Crippen LogP contribution in [0.3, 0.4) is 0 Å². The van der Waals surface area contributed by atoms with Gasteiger partial charge in [-0.15, -0.1) is 0 Å². The Morgan fingerprint density at radius 3 is 2.48 bits per heavy atom. The molecule has 0 N–H and O–H groups in total. The molecule has 8 heteroatoms. The SMILES string of the molecule is C=C(C)OC(=O)COCCC1CCCCN1S(=O)(=O)c1c(C)cc(OC)cc1C. The average Bonchev–Trinajstić information content (AvgIpc) is 2.64. The summed E-state index contributed by atoms with van der Waals surface area (Å²) in [6.07, 6.45) is 3.09. The highest BCUT2D eigenvalue weighted by molar-refractivity contribution is 7.89. The number of rotatable bonds is 9. The Bertz CT molecular complexity index is 826. The molecule has 1 aromatic carbocycles. The van der Waals surface area contributed by atoms with Gasteiger partial charge < -0.3 is 14.2 Å². The molecule has 0 amide bonds. The monoisotopic (exact) mass is 425 g/mol. The van der Waals surface area contributed by atoms with Crippen LogP contribution in [0.2, 0.25) is 0 Å². The summed E-state index contributed by atoms with van der Waals surface area (Å²) in [6.45, 7) is 9.26. The molecule has 1 atom stereocenters. The van der Waals surface area contributed by atoms with Crippen LogP contribution in [-0.4, -0.2) is 51.6 Å². The van der Waals surface area contributed by atoms with E-state index in [-0.39, 0.29) is 19.3 Å². The van der Waals surface area contributed by atoms with E-state index in [1.807, 2.05) is 0 Å². The van der Waals surface area contributed by atoms with Crippen LogP contribution in [0.4, 0.5) is 0 Å². The van der Waals surface area contributed by atoms with Crippen LogP contribution in [0.1, 0.15) is 43.7 Å². The molecule has 1 aromatic rings. The summed E-state index contributed by atoms with van der Waals surface area (Å²) in [7, 11) is -2.08. The molecule has 1 aliphatic rings. The molecule has 0 bridgehead atoms. The molecule has 1 aliphatic heterocycles. The summed E-state index contributed by atoms with van der Waals surface area (Å²) in [5, 5.41) is 0. The number of hydrogen-bond donors (Lipinski definition) is 0. The molecule has 162 valence electrons. The number of aryl methyl sites for hydroxylation is 2. The van der Waals surface area contributed by atoms with Gasteiger partial charge in [-0.1, -0.05) is 13.0 Å². The van der Waals surface area contributed by atoms with Crippen molar-refractivity contribution in [2.45, 2.75) is 57.4 Å². The Morgan fingerprint density at radius 2 is 1.90 bits per heavy atom. The van der Waals surface area contributed by atoms with Crippen molar-refractivity contribution in [3.05, 3.63) is 35.6 Å². The van der Waals surface area contributed by atoms with E-state index in [1.165, 1.54) is 0 Å². The highest BCUT2D eigenvalue weighted by Crippen LogP contribution is 2.32. The number of hydrogen-bond acceptors (Lipinski definition) is 6. The van der Waals surface area contributed by atoms with E-state index < -0.39 is 16.0 Å². The number of esters is 1. The van der Waals surface area contributed by atoms with Gasteiger partial charge in [-0.3, -0.25) is 0 Å². The van der Waals surface area contributed by atoms with Crippen LogP contribution < -0.4 is 4.74 Å². The maximum absolute atomic E-state index is 13.5. The predicted molar refractivity (Wildman–Crippen MR) is 110 cm³/mol. The van der Waals surface area contributed by atoms with E-state index in [4.69, 9.17) is 14.2 Å². The topological polar surface area (TPSA) is 82.1 Å².